The predicted molar refractivity (Wildman–Crippen MR) is 118 cm³/mol. The molecule has 1 spiro atoms. The standard InChI is InChI=1S/C27H42O3/c1-15-7-10-27(29-14-15)17(3)25-16(2)21-12-23-20(22(21)13-24(25)30-27)6-5-18-11-19(28)8-9-26(18,23)4/h15,17-25,28H,2,5-14H2,1,3-4H3/t15-,17+,18+,19+,20+,21+,22+,23+,24+,25+,26+,27-/m1/s1. The Bertz CT molecular complexity index is 709. The fourth-order valence-electron chi connectivity index (χ4n) is 9.53. The van der Waals surface area contributed by atoms with Crippen LogP contribution in [0.3, 0.4) is 0 Å². The van der Waals surface area contributed by atoms with Crippen molar-refractivity contribution in [3.05, 3.63) is 12.2 Å². The Labute approximate surface area is 183 Å². The fraction of sp³-hybridized carbons (Fsp3) is 0.926. The monoisotopic (exact) mass is 414 g/mol. The lowest BCUT2D eigenvalue weighted by Gasteiger charge is -2.53. The molecule has 0 aromatic rings. The number of hydrogen-bond donors (Lipinski definition) is 1. The molecule has 4 aliphatic carbocycles. The Hall–Kier alpha value is -0.380. The second kappa shape index (κ2) is 6.81. The summed E-state index contributed by atoms with van der Waals surface area (Å²) in [6, 6.07) is 0. The first-order valence-electron chi connectivity index (χ1n) is 13.0. The third-order valence-electron chi connectivity index (χ3n) is 11.3. The van der Waals surface area contributed by atoms with Crippen LogP contribution in [0.1, 0.15) is 78.6 Å². The highest BCUT2D eigenvalue weighted by Gasteiger charge is 2.64. The van der Waals surface area contributed by atoms with Crippen molar-refractivity contribution < 1.29 is 14.6 Å². The Morgan fingerprint density at radius 1 is 1.00 bits per heavy atom. The molecule has 6 aliphatic rings. The average Bonchev–Trinajstić information content (AvgIpc) is 3.23. The summed E-state index contributed by atoms with van der Waals surface area (Å²) in [6.07, 6.45) is 11.1. The minimum atomic E-state index is -0.341. The van der Waals surface area contributed by atoms with Gasteiger partial charge in [-0.1, -0.05) is 32.9 Å². The van der Waals surface area contributed by atoms with Crippen molar-refractivity contribution in [2.24, 2.45) is 52.8 Å². The lowest BCUT2D eigenvalue weighted by Crippen LogP contribution is -2.47. The van der Waals surface area contributed by atoms with E-state index in [0.717, 1.165) is 49.5 Å². The first-order valence-corrected chi connectivity index (χ1v) is 13.0. The van der Waals surface area contributed by atoms with Crippen LogP contribution in [-0.4, -0.2) is 29.7 Å². The number of aliphatic hydroxyl groups excluding tert-OH is 1. The van der Waals surface area contributed by atoms with E-state index in [1.165, 1.54) is 44.1 Å². The highest BCUT2D eigenvalue weighted by atomic mass is 16.7. The summed E-state index contributed by atoms with van der Waals surface area (Å²) in [6.45, 7) is 12.9. The molecule has 3 nitrogen and oxygen atoms in total. The average molecular weight is 415 g/mol. The van der Waals surface area contributed by atoms with E-state index in [2.05, 4.69) is 20.8 Å². The molecule has 0 amide bonds. The topological polar surface area (TPSA) is 38.7 Å². The largest absolute Gasteiger partial charge is 0.393 e. The number of fused-ring (bicyclic) bond motifs is 6. The van der Waals surface area contributed by atoms with Gasteiger partial charge in [-0.15, -0.1) is 0 Å². The summed E-state index contributed by atoms with van der Waals surface area (Å²) in [7, 11) is 0. The maximum absolute atomic E-state index is 10.3. The molecule has 2 heterocycles. The molecule has 2 saturated heterocycles. The molecule has 3 heteroatoms. The molecular formula is C27H42O3. The molecule has 6 fully saturated rings. The molecule has 0 aromatic heterocycles. The van der Waals surface area contributed by atoms with Gasteiger partial charge in [-0.3, -0.25) is 0 Å². The van der Waals surface area contributed by atoms with Gasteiger partial charge in [0, 0.05) is 18.3 Å². The van der Waals surface area contributed by atoms with Crippen LogP contribution in [0.25, 0.3) is 0 Å². The van der Waals surface area contributed by atoms with E-state index in [1.54, 1.807) is 0 Å². The van der Waals surface area contributed by atoms with Crippen LogP contribution in [0.2, 0.25) is 0 Å². The van der Waals surface area contributed by atoms with Crippen molar-refractivity contribution in [3.8, 4) is 0 Å². The molecule has 6 rings (SSSR count). The molecule has 1 N–H and O–H groups in total. The van der Waals surface area contributed by atoms with Crippen LogP contribution in [0.4, 0.5) is 0 Å². The normalized spacial score (nSPS) is 60.1. The highest BCUT2D eigenvalue weighted by molar-refractivity contribution is 5.24. The predicted octanol–water partition coefficient (Wildman–Crippen LogP) is 5.57. The van der Waals surface area contributed by atoms with E-state index < -0.39 is 0 Å². The number of hydrogen-bond acceptors (Lipinski definition) is 3. The summed E-state index contributed by atoms with van der Waals surface area (Å²) in [5.41, 5.74) is 1.94. The van der Waals surface area contributed by atoms with Crippen molar-refractivity contribution in [1.29, 1.82) is 0 Å². The van der Waals surface area contributed by atoms with Crippen molar-refractivity contribution in [2.75, 3.05) is 6.61 Å². The third-order valence-corrected chi connectivity index (χ3v) is 11.3. The van der Waals surface area contributed by atoms with Crippen LogP contribution in [0, 0.1) is 52.8 Å². The molecule has 30 heavy (non-hydrogen) atoms. The lowest BCUT2D eigenvalue weighted by atomic mass is 9.52. The molecule has 168 valence electrons. The molecule has 12 atom stereocenters. The summed E-state index contributed by atoms with van der Waals surface area (Å²) >= 11 is 0. The first-order chi connectivity index (χ1) is 14.3. The lowest BCUT2D eigenvalue weighted by molar-refractivity contribution is -0.270. The molecule has 0 aromatic carbocycles. The van der Waals surface area contributed by atoms with Gasteiger partial charge in [-0.25, -0.2) is 0 Å². The molecule has 0 bridgehead atoms. The van der Waals surface area contributed by atoms with Crippen LogP contribution in [-0.2, 0) is 9.47 Å². The molecule has 0 radical (unpaired) electrons. The summed E-state index contributed by atoms with van der Waals surface area (Å²) in [4.78, 5) is 0. The smallest absolute Gasteiger partial charge is 0.171 e. The Morgan fingerprint density at radius 3 is 2.60 bits per heavy atom. The van der Waals surface area contributed by atoms with E-state index in [0.29, 0.717) is 35.2 Å². The summed E-state index contributed by atoms with van der Waals surface area (Å²) < 4.78 is 13.3. The Balaban J connectivity index is 1.25. The van der Waals surface area contributed by atoms with Crippen LogP contribution >= 0.6 is 0 Å². The van der Waals surface area contributed by atoms with Gasteiger partial charge in [-0.05, 0) is 92.3 Å². The van der Waals surface area contributed by atoms with Gasteiger partial charge in [0.15, 0.2) is 5.79 Å². The van der Waals surface area contributed by atoms with Crippen molar-refractivity contribution >= 4 is 0 Å². The Kier molecular flexibility index (Phi) is 4.60. The number of aliphatic hydroxyl groups is 1. The minimum absolute atomic E-state index is 0.0544. The van der Waals surface area contributed by atoms with Crippen LogP contribution in [0.5, 0.6) is 0 Å². The third kappa shape index (κ3) is 2.67. The number of rotatable bonds is 0. The Morgan fingerprint density at radius 2 is 1.83 bits per heavy atom. The van der Waals surface area contributed by atoms with Crippen LogP contribution < -0.4 is 0 Å². The van der Waals surface area contributed by atoms with Gasteiger partial charge in [0.2, 0.25) is 0 Å². The SMILES string of the molecule is C=C1[C@@H]2[C@H](C[C@H]3[C@@H]4CC[C@H]5C[C@@H](O)CC[C@]5(C)[C@H]4C[C@@H]13)O[C@]1(CC[C@@H](C)CO1)[C@H]2C. The number of ether oxygens (including phenoxy) is 2. The first kappa shape index (κ1) is 20.2. The fourth-order valence-corrected chi connectivity index (χ4v) is 9.53. The van der Waals surface area contributed by atoms with E-state index in [9.17, 15) is 5.11 Å². The zero-order valence-corrected chi connectivity index (χ0v) is 19.3. The van der Waals surface area contributed by atoms with Gasteiger partial charge in [0.25, 0.3) is 0 Å². The molecule has 0 unspecified atom stereocenters. The maximum atomic E-state index is 10.3. The quantitative estimate of drug-likeness (QED) is 0.527. The van der Waals surface area contributed by atoms with Crippen LogP contribution in [0.15, 0.2) is 12.2 Å². The van der Waals surface area contributed by atoms with Crippen molar-refractivity contribution in [3.63, 3.8) is 0 Å². The highest BCUT2D eigenvalue weighted by Crippen LogP contribution is 2.67. The van der Waals surface area contributed by atoms with Gasteiger partial charge >= 0.3 is 0 Å². The second-order valence-electron chi connectivity index (χ2n) is 12.5. The summed E-state index contributed by atoms with van der Waals surface area (Å²) in [5.74, 6) is 5.07. The molecular weight excluding hydrogens is 372 g/mol. The van der Waals surface area contributed by atoms with Gasteiger partial charge in [-0.2, -0.15) is 0 Å². The van der Waals surface area contributed by atoms with E-state index >= 15 is 0 Å². The minimum Gasteiger partial charge on any atom is -0.393 e. The van der Waals surface area contributed by atoms with Gasteiger partial charge in [0.05, 0.1) is 18.8 Å². The molecule has 2 aliphatic heterocycles. The zero-order chi connectivity index (χ0) is 20.8. The van der Waals surface area contributed by atoms with E-state index in [1.807, 2.05) is 0 Å². The van der Waals surface area contributed by atoms with Gasteiger partial charge < -0.3 is 14.6 Å². The van der Waals surface area contributed by atoms with E-state index in [4.69, 9.17) is 16.1 Å². The van der Waals surface area contributed by atoms with E-state index in [-0.39, 0.29) is 11.9 Å². The van der Waals surface area contributed by atoms with Crippen molar-refractivity contribution in [1.82, 2.24) is 0 Å². The maximum Gasteiger partial charge on any atom is 0.171 e. The summed E-state index contributed by atoms with van der Waals surface area (Å²) in [5, 5.41) is 10.3. The van der Waals surface area contributed by atoms with Crippen molar-refractivity contribution in [2.45, 2.75) is 96.6 Å². The van der Waals surface area contributed by atoms with Gasteiger partial charge in [0.1, 0.15) is 0 Å². The molecule has 4 saturated carbocycles. The zero-order valence-electron chi connectivity index (χ0n) is 19.3. The second-order valence-corrected chi connectivity index (χ2v) is 12.5.